The molecular weight excluding hydrogens is 502 g/mol. The fraction of sp³-hybridized carbons (Fsp3) is 0.0278. The van der Waals surface area contributed by atoms with Crippen LogP contribution in [0.1, 0.15) is 11.1 Å². The van der Waals surface area contributed by atoms with E-state index in [2.05, 4.69) is 98.9 Å². The van der Waals surface area contributed by atoms with Crippen molar-refractivity contribution >= 4 is 60.3 Å². The van der Waals surface area contributed by atoms with E-state index in [4.69, 9.17) is 9.97 Å². The minimum atomic E-state index is 0.867. The summed E-state index contributed by atoms with van der Waals surface area (Å²) in [4.78, 5) is 14.4. The molecule has 0 amide bonds. The molecule has 0 unspecified atom stereocenters. The zero-order valence-corrected chi connectivity index (χ0v) is 21.9. The molecule has 0 aliphatic heterocycles. The van der Waals surface area contributed by atoms with E-state index in [-0.39, 0.29) is 0 Å². The smallest absolute Gasteiger partial charge is 0.147 e. The molecule has 0 atom stereocenters. The molecular formula is C36H21N5. The molecule has 1 aliphatic rings. The van der Waals surface area contributed by atoms with Gasteiger partial charge in [-0.25, -0.2) is 9.97 Å². The molecule has 4 aromatic carbocycles. The van der Waals surface area contributed by atoms with Crippen molar-refractivity contribution in [3.8, 4) is 16.8 Å². The molecule has 0 N–H and O–H groups in total. The summed E-state index contributed by atoms with van der Waals surface area (Å²) >= 11 is 0. The third-order valence-corrected chi connectivity index (χ3v) is 8.85. The molecule has 0 spiro atoms. The van der Waals surface area contributed by atoms with Gasteiger partial charge < -0.3 is 4.57 Å². The standard InChI is InChI=1S/C36H21N5/c1-2-7-22(8-3-1)40-31-11-5-4-9-24(31)28-17-21-18-29-23(27(21)19-32(28)40)12-13-25-26-10-6-15-38-35(26)41-33-20-37-16-14-30(33)39-36(41)34(25)29/h1-17,19-20H,18H2. The Bertz CT molecular complexity index is 2550. The third kappa shape index (κ3) is 2.68. The van der Waals surface area contributed by atoms with Crippen LogP contribution < -0.4 is 0 Å². The van der Waals surface area contributed by atoms with Gasteiger partial charge in [0, 0.05) is 39.6 Å². The zero-order valence-electron chi connectivity index (χ0n) is 21.9. The first kappa shape index (κ1) is 21.3. The molecule has 0 radical (unpaired) electrons. The highest BCUT2D eigenvalue weighted by Gasteiger charge is 2.26. The maximum atomic E-state index is 5.15. The van der Waals surface area contributed by atoms with Crippen molar-refractivity contribution in [1.82, 2.24) is 23.9 Å². The number of para-hydroxylation sites is 2. The molecule has 1 aliphatic carbocycles. The van der Waals surface area contributed by atoms with Gasteiger partial charge in [0.25, 0.3) is 0 Å². The first-order chi connectivity index (χ1) is 20.3. The highest BCUT2D eigenvalue weighted by atomic mass is 15.1. The molecule has 41 heavy (non-hydrogen) atoms. The molecule has 0 bridgehead atoms. The van der Waals surface area contributed by atoms with Gasteiger partial charge in [-0.05, 0) is 82.6 Å². The van der Waals surface area contributed by atoms with E-state index < -0.39 is 0 Å². The van der Waals surface area contributed by atoms with Crippen molar-refractivity contribution in [2.75, 3.05) is 0 Å². The second-order valence-electron chi connectivity index (χ2n) is 10.9. The van der Waals surface area contributed by atoms with E-state index in [1.54, 1.807) is 0 Å². The predicted molar refractivity (Wildman–Crippen MR) is 166 cm³/mol. The number of aromatic nitrogens is 5. The summed E-state index contributed by atoms with van der Waals surface area (Å²) in [6.07, 6.45) is 6.43. The van der Waals surface area contributed by atoms with E-state index in [0.717, 1.165) is 34.1 Å². The highest BCUT2D eigenvalue weighted by molar-refractivity contribution is 6.17. The maximum absolute atomic E-state index is 5.15. The lowest BCUT2D eigenvalue weighted by Gasteiger charge is -2.12. The fourth-order valence-electron chi connectivity index (χ4n) is 7.16. The summed E-state index contributed by atoms with van der Waals surface area (Å²) in [5.41, 5.74) is 12.7. The number of hydrogen-bond acceptors (Lipinski definition) is 3. The summed E-state index contributed by atoms with van der Waals surface area (Å²) < 4.78 is 4.59. The van der Waals surface area contributed by atoms with Crippen molar-refractivity contribution in [3.63, 3.8) is 0 Å². The average molecular weight is 524 g/mol. The number of nitrogens with zero attached hydrogens (tertiary/aromatic N) is 5. The first-order valence-electron chi connectivity index (χ1n) is 13.9. The van der Waals surface area contributed by atoms with Crippen LogP contribution in [0.25, 0.3) is 77.1 Å². The molecule has 10 rings (SSSR count). The summed E-state index contributed by atoms with van der Waals surface area (Å²) in [5.74, 6) is 0. The largest absolute Gasteiger partial charge is 0.309 e. The van der Waals surface area contributed by atoms with Crippen molar-refractivity contribution in [3.05, 3.63) is 127 Å². The van der Waals surface area contributed by atoms with Crippen LogP contribution >= 0.6 is 0 Å². The monoisotopic (exact) mass is 523 g/mol. The molecule has 5 aromatic heterocycles. The van der Waals surface area contributed by atoms with Crippen molar-refractivity contribution in [2.24, 2.45) is 0 Å². The maximum Gasteiger partial charge on any atom is 0.147 e. The van der Waals surface area contributed by atoms with Gasteiger partial charge in [-0.3, -0.25) is 9.38 Å². The normalized spacial score (nSPS) is 12.8. The molecule has 9 aromatic rings. The number of imidazole rings is 1. The van der Waals surface area contributed by atoms with Gasteiger partial charge in [0.1, 0.15) is 11.3 Å². The lowest BCUT2D eigenvalue weighted by Crippen LogP contribution is -1.96. The zero-order chi connectivity index (χ0) is 26.7. The van der Waals surface area contributed by atoms with Gasteiger partial charge in [-0.1, -0.05) is 48.5 Å². The number of rotatable bonds is 1. The Morgan fingerprint density at radius 1 is 0.610 bits per heavy atom. The molecule has 5 heteroatoms. The van der Waals surface area contributed by atoms with Crippen molar-refractivity contribution in [1.29, 1.82) is 0 Å². The molecule has 0 saturated carbocycles. The van der Waals surface area contributed by atoms with E-state index in [1.165, 1.54) is 60.5 Å². The summed E-state index contributed by atoms with van der Waals surface area (Å²) in [6, 6.07) is 35.0. The van der Waals surface area contributed by atoms with E-state index in [1.807, 2.05) is 30.7 Å². The quantitative estimate of drug-likeness (QED) is 0.204. The van der Waals surface area contributed by atoms with Crippen molar-refractivity contribution in [2.45, 2.75) is 6.42 Å². The Hall–Kier alpha value is -5.55. The van der Waals surface area contributed by atoms with Gasteiger partial charge in [-0.15, -0.1) is 0 Å². The molecule has 0 fully saturated rings. The van der Waals surface area contributed by atoms with Gasteiger partial charge >= 0.3 is 0 Å². The summed E-state index contributed by atoms with van der Waals surface area (Å²) in [7, 11) is 0. The SMILES string of the molecule is c1ccc(-n2c3ccccc3c3cc4c(cc32)-c2ccc3c5cccnc5n5c6cnccc6nc5c3c2C4)cc1. The van der Waals surface area contributed by atoms with Gasteiger partial charge in [0.05, 0.1) is 28.3 Å². The Labute approximate surface area is 234 Å². The summed E-state index contributed by atoms with van der Waals surface area (Å²) in [6.45, 7) is 0. The fourth-order valence-corrected chi connectivity index (χ4v) is 7.16. The average Bonchev–Trinajstić information content (AvgIpc) is 3.69. The number of pyridine rings is 3. The Morgan fingerprint density at radius 2 is 1.49 bits per heavy atom. The van der Waals surface area contributed by atoms with Crippen LogP contribution in [0, 0.1) is 0 Å². The number of fused-ring (bicyclic) bond motifs is 15. The van der Waals surface area contributed by atoms with Crippen LogP contribution in [0.3, 0.4) is 0 Å². The molecule has 0 saturated heterocycles. The Kier molecular flexibility index (Phi) is 3.92. The van der Waals surface area contributed by atoms with Gasteiger partial charge in [0.15, 0.2) is 0 Å². The van der Waals surface area contributed by atoms with E-state index in [0.29, 0.717) is 0 Å². The van der Waals surface area contributed by atoms with Crippen LogP contribution in [-0.2, 0) is 6.42 Å². The van der Waals surface area contributed by atoms with E-state index >= 15 is 0 Å². The lowest BCUT2D eigenvalue weighted by molar-refractivity contribution is 1.18. The third-order valence-electron chi connectivity index (χ3n) is 8.85. The van der Waals surface area contributed by atoms with Gasteiger partial charge in [-0.2, -0.15) is 0 Å². The molecule has 5 heterocycles. The minimum Gasteiger partial charge on any atom is -0.309 e. The lowest BCUT2D eigenvalue weighted by atomic mass is 9.98. The highest BCUT2D eigenvalue weighted by Crippen LogP contribution is 2.46. The molecule has 5 nitrogen and oxygen atoms in total. The number of benzene rings is 4. The molecule has 190 valence electrons. The summed E-state index contributed by atoms with van der Waals surface area (Å²) in [5, 5.41) is 6.10. The van der Waals surface area contributed by atoms with Crippen LogP contribution in [0.2, 0.25) is 0 Å². The predicted octanol–water partition coefficient (Wildman–Crippen LogP) is 8.25. The second-order valence-corrected chi connectivity index (χ2v) is 10.9. The van der Waals surface area contributed by atoms with Crippen LogP contribution in [0.15, 0.2) is 116 Å². The first-order valence-corrected chi connectivity index (χ1v) is 13.9. The van der Waals surface area contributed by atoms with Gasteiger partial charge in [0.2, 0.25) is 0 Å². The van der Waals surface area contributed by atoms with E-state index in [9.17, 15) is 0 Å². The Morgan fingerprint density at radius 3 is 2.44 bits per heavy atom. The minimum absolute atomic E-state index is 0.867. The topological polar surface area (TPSA) is 48.0 Å². The van der Waals surface area contributed by atoms with Crippen LogP contribution in [0.5, 0.6) is 0 Å². The van der Waals surface area contributed by atoms with Crippen LogP contribution in [-0.4, -0.2) is 23.9 Å². The number of hydrogen-bond donors (Lipinski definition) is 0. The Balaban J connectivity index is 1.34. The van der Waals surface area contributed by atoms with Crippen LogP contribution in [0.4, 0.5) is 0 Å². The second kappa shape index (κ2) is 7.55. The van der Waals surface area contributed by atoms with Crippen molar-refractivity contribution < 1.29 is 0 Å².